The number of hydrogen-bond acceptors (Lipinski definition) is 3. The lowest BCUT2D eigenvalue weighted by atomic mass is 10.1. The summed E-state index contributed by atoms with van der Waals surface area (Å²) in [6.45, 7) is 11.1. The van der Waals surface area contributed by atoms with Gasteiger partial charge in [0.05, 0.1) is 0 Å². The van der Waals surface area contributed by atoms with Gasteiger partial charge in [-0.05, 0) is 19.5 Å². The summed E-state index contributed by atoms with van der Waals surface area (Å²) in [6, 6.07) is 0.799. The number of hydrogen-bond donors (Lipinski definition) is 1. The van der Waals surface area contributed by atoms with Crippen LogP contribution in [-0.4, -0.2) is 61.7 Å². The Morgan fingerprint density at radius 3 is 2.23 bits per heavy atom. The molecule has 0 spiro atoms. The standard InChI is InChI=1S/C10H21N3/c1-2-12-5-7-13(8-6-12)9-10-3-4-11-10/h10-11H,2-9H2,1H3. The Morgan fingerprint density at radius 2 is 1.77 bits per heavy atom. The molecule has 2 heterocycles. The van der Waals surface area contributed by atoms with Gasteiger partial charge in [0.25, 0.3) is 0 Å². The molecule has 0 bridgehead atoms. The second-order valence-electron chi connectivity index (χ2n) is 4.17. The maximum Gasteiger partial charge on any atom is 0.0207 e. The fraction of sp³-hybridized carbons (Fsp3) is 1.00. The highest BCUT2D eigenvalue weighted by Crippen LogP contribution is 2.07. The molecule has 13 heavy (non-hydrogen) atoms. The zero-order valence-electron chi connectivity index (χ0n) is 8.63. The minimum atomic E-state index is 0.799. The van der Waals surface area contributed by atoms with E-state index in [2.05, 4.69) is 22.0 Å². The molecule has 0 amide bonds. The van der Waals surface area contributed by atoms with Crippen molar-refractivity contribution in [3.8, 4) is 0 Å². The van der Waals surface area contributed by atoms with Crippen molar-refractivity contribution in [2.24, 2.45) is 0 Å². The van der Waals surface area contributed by atoms with Gasteiger partial charge in [-0.1, -0.05) is 6.92 Å². The molecule has 0 saturated carbocycles. The smallest absolute Gasteiger partial charge is 0.0207 e. The van der Waals surface area contributed by atoms with Gasteiger partial charge < -0.3 is 10.2 Å². The van der Waals surface area contributed by atoms with Gasteiger partial charge in [0.1, 0.15) is 0 Å². The lowest BCUT2D eigenvalue weighted by Gasteiger charge is -2.38. The molecule has 2 rings (SSSR count). The Kier molecular flexibility index (Phi) is 3.19. The highest BCUT2D eigenvalue weighted by atomic mass is 15.3. The lowest BCUT2D eigenvalue weighted by Crippen LogP contribution is -2.54. The molecule has 3 heteroatoms. The van der Waals surface area contributed by atoms with Gasteiger partial charge in [-0.2, -0.15) is 0 Å². The van der Waals surface area contributed by atoms with E-state index >= 15 is 0 Å². The van der Waals surface area contributed by atoms with E-state index in [0.29, 0.717) is 0 Å². The average molecular weight is 183 g/mol. The van der Waals surface area contributed by atoms with Gasteiger partial charge in [-0.15, -0.1) is 0 Å². The van der Waals surface area contributed by atoms with Crippen LogP contribution < -0.4 is 5.32 Å². The normalized spacial score (nSPS) is 31.6. The van der Waals surface area contributed by atoms with E-state index in [4.69, 9.17) is 0 Å². The van der Waals surface area contributed by atoms with Crippen molar-refractivity contribution in [2.45, 2.75) is 19.4 Å². The molecule has 1 unspecified atom stereocenters. The Labute approximate surface area is 81.1 Å². The molecule has 2 saturated heterocycles. The van der Waals surface area contributed by atoms with E-state index < -0.39 is 0 Å². The highest BCUT2D eigenvalue weighted by molar-refractivity contribution is 4.82. The van der Waals surface area contributed by atoms with Crippen LogP contribution in [0.25, 0.3) is 0 Å². The summed E-state index contributed by atoms with van der Waals surface area (Å²) in [4.78, 5) is 5.13. The third kappa shape index (κ3) is 2.42. The zero-order chi connectivity index (χ0) is 9.10. The van der Waals surface area contributed by atoms with Crippen LogP contribution >= 0.6 is 0 Å². The first-order chi connectivity index (χ1) is 6.38. The number of piperazine rings is 1. The van der Waals surface area contributed by atoms with E-state index in [-0.39, 0.29) is 0 Å². The van der Waals surface area contributed by atoms with Gasteiger partial charge in [0.2, 0.25) is 0 Å². The van der Waals surface area contributed by atoms with Crippen molar-refractivity contribution < 1.29 is 0 Å². The molecule has 2 fully saturated rings. The van der Waals surface area contributed by atoms with Crippen molar-refractivity contribution >= 4 is 0 Å². The Hall–Kier alpha value is -0.120. The Morgan fingerprint density at radius 1 is 1.15 bits per heavy atom. The average Bonchev–Trinajstić information content (AvgIpc) is 2.12. The molecule has 1 N–H and O–H groups in total. The third-order valence-electron chi connectivity index (χ3n) is 3.32. The second-order valence-corrected chi connectivity index (χ2v) is 4.17. The van der Waals surface area contributed by atoms with E-state index in [1.54, 1.807) is 0 Å². The summed E-state index contributed by atoms with van der Waals surface area (Å²) in [6.07, 6.45) is 1.38. The van der Waals surface area contributed by atoms with Crippen LogP contribution in [0.4, 0.5) is 0 Å². The SMILES string of the molecule is CCN1CCN(CC2CCN2)CC1. The quantitative estimate of drug-likeness (QED) is 0.664. The van der Waals surface area contributed by atoms with Crippen molar-refractivity contribution in [1.82, 2.24) is 15.1 Å². The van der Waals surface area contributed by atoms with Gasteiger partial charge in [0, 0.05) is 38.8 Å². The molecule has 2 aliphatic heterocycles. The molecule has 1 atom stereocenters. The van der Waals surface area contributed by atoms with Crippen LogP contribution in [0.2, 0.25) is 0 Å². The number of likely N-dealkylation sites (N-methyl/N-ethyl adjacent to an activating group) is 1. The summed E-state index contributed by atoms with van der Waals surface area (Å²) < 4.78 is 0. The van der Waals surface area contributed by atoms with Crippen molar-refractivity contribution in [3.63, 3.8) is 0 Å². The predicted molar refractivity (Wildman–Crippen MR) is 55.0 cm³/mol. The minimum absolute atomic E-state index is 0.799. The maximum atomic E-state index is 3.46. The van der Waals surface area contributed by atoms with E-state index in [1.165, 1.54) is 52.2 Å². The van der Waals surface area contributed by atoms with Crippen LogP contribution in [0.3, 0.4) is 0 Å². The van der Waals surface area contributed by atoms with Gasteiger partial charge in [0.15, 0.2) is 0 Å². The first kappa shape index (κ1) is 9.44. The third-order valence-corrected chi connectivity index (χ3v) is 3.32. The van der Waals surface area contributed by atoms with Crippen molar-refractivity contribution in [1.29, 1.82) is 0 Å². The van der Waals surface area contributed by atoms with Crippen molar-refractivity contribution in [3.05, 3.63) is 0 Å². The molecular weight excluding hydrogens is 162 g/mol. The van der Waals surface area contributed by atoms with Crippen LogP contribution in [0, 0.1) is 0 Å². The van der Waals surface area contributed by atoms with Crippen LogP contribution in [-0.2, 0) is 0 Å². The van der Waals surface area contributed by atoms with Gasteiger partial charge in [-0.3, -0.25) is 4.90 Å². The topological polar surface area (TPSA) is 18.5 Å². The summed E-state index contributed by atoms with van der Waals surface area (Å²) >= 11 is 0. The second kappa shape index (κ2) is 4.40. The molecular formula is C10H21N3. The zero-order valence-corrected chi connectivity index (χ0v) is 8.63. The fourth-order valence-corrected chi connectivity index (χ4v) is 2.10. The minimum Gasteiger partial charge on any atom is -0.313 e. The van der Waals surface area contributed by atoms with Gasteiger partial charge >= 0.3 is 0 Å². The molecule has 76 valence electrons. The maximum absolute atomic E-state index is 3.46. The first-order valence-electron chi connectivity index (χ1n) is 5.56. The van der Waals surface area contributed by atoms with Gasteiger partial charge in [-0.25, -0.2) is 0 Å². The Bertz CT molecular complexity index is 148. The summed E-state index contributed by atoms with van der Waals surface area (Å²) in [5, 5.41) is 3.46. The highest BCUT2D eigenvalue weighted by Gasteiger charge is 2.22. The summed E-state index contributed by atoms with van der Waals surface area (Å²) in [7, 11) is 0. The molecule has 0 aromatic carbocycles. The van der Waals surface area contributed by atoms with E-state index in [1.807, 2.05) is 0 Å². The monoisotopic (exact) mass is 183 g/mol. The first-order valence-corrected chi connectivity index (χ1v) is 5.56. The van der Waals surface area contributed by atoms with Crippen LogP contribution in [0.15, 0.2) is 0 Å². The van der Waals surface area contributed by atoms with E-state index in [9.17, 15) is 0 Å². The lowest BCUT2D eigenvalue weighted by molar-refractivity contribution is 0.117. The Balaban J connectivity index is 1.65. The van der Waals surface area contributed by atoms with Crippen LogP contribution in [0.1, 0.15) is 13.3 Å². The number of nitrogens with zero attached hydrogens (tertiary/aromatic N) is 2. The fourth-order valence-electron chi connectivity index (χ4n) is 2.10. The summed E-state index contributed by atoms with van der Waals surface area (Å²) in [5.74, 6) is 0. The predicted octanol–water partition coefficient (Wildman–Crippen LogP) is -0.0142. The number of rotatable bonds is 3. The number of nitrogens with one attached hydrogen (secondary N) is 1. The molecule has 0 aliphatic carbocycles. The molecule has 0 aromatic heterocycles. The molecule has 0 aromatic rings. The summed E-state index contributed by atoms with van der Waals surface area (Å²) in [5.41, 5.74) is 0. The van der Waals surface area contributed by atoms with Crippen molar-refractivity contribution in [2.75, 3.05) is 45.8 Å². The van der Waals surface area contributed by atoms with E-state index in [0.717, 1.165) is 6.04 Å². The molecule has 2 aliphatic rings. The molecule has 3 nitrogen and oxygen atoms in total. The largest absolute Gasteiger partial charge is 0.313 e. The molecule has 0 radical (unpaired) electrons. The van der Waals surface area contributed by atoms with Crippen LogP contribution in [0.5, 0.6) is 0 Å².